The van der Waals surface area contributed by atoms with Crippen molar-refractivity contribution in [3.63, 3.8) is 0 Å². The number of carbonyl (C=O) groups excluding carboxylic acids is 1. The van der Waals surface area contributed by atoms with E-state index in [1.165, 1.54) is 31.4 Å². The van der Waals surface area contributed by atoms with Gasteiger partial charge in [-0.2, -0.15) is 0 Å². The minimum Gasteiger partial charge on any atom is -0.465 e. The van der Waals surface area contributed by atoms with Gasteiger partial charge in [-0.3, -0.25) is 4.72 Å². The van der Waals surface area contributed by atoms with Crippen LogP contribution in [0.1, 0.15) is 15.9 Å². The van der Waals surface area contributed by atoms with Gasteiger partial charge in [0.1, 0.15) is 0 Å². The molecule has 23 heavy (non-hydrogen) atoms. The molecule has 0 fully saturated rings. The number of anilines is 1. The highest BCUT2D eigenvalue weighted by Crippen LogP contribution is 2.27. The molecule has 0 heterocycles. The molecular formula is C15H13Cl2NO4S. The summed E-state index contributed by atoms with van der Waals surface area (Å²) in [6.07, 6.45) is 0. The summed E-state index contributed by atoms with van der Waals surface area (Å²) in [5.74, 6) is -0.657. The van der Waals surface area contributed by atoms with E-state index in [4.69, 9.17) is 23.2 Å². The molecular weight excluding hydrogens is 361 g/mol. The Morgan fingerprint density at radius 2 is 1.83 bits per heavy atom. The number of esters is 1. The summed E-state index contributed by atoms with van der Waals surface area (Å²) in [5.41, 5.74) is 0.690. The number of hydrogen-bond donors (Lipinski definition) is 1. The number of carbonyl (C=O) groups is 1. The van der Waals surface area contributed by atoms with Gasteiger partial charge in [-0.05, 0) is 42.8 Å². The van der Waals surface area contributed by atoms with Gasteiger partial charge in [0.25, 0.3) is 10.0 Å². The van der Waals surface area contributed by atoms with Crippen LogP contribution in [0.15, 0.2) is 41.3 Å². The lowest BCUT2D eigenvalue weighted by atomic mass is 10.2. The Morgan fingerprint density at radius 3 is 2.48 bits per heavy atom. The molecule has 2 aromatic carbocycles. The Hall–Kier alpha value is -1.76. The van der Waals surface area contributed by atoms with Crippen molar-refractivity contribution in [2.45, 2.75) is 11.8 Å². The highest BCUT2D eigenvalue weighted by Gasteiger charge is 2.19. The molecule has 0 unspecified atom stereocenters. The van der Waals surface area contributed by atoms with E-state index < -0.39 is 16.0 Å². The SMILES string of the molecule is COC(=O)c1cc(NS(=O)(=O)c2cccc(Cl)c2C)ccc1Cl. The topological polar surface area (TPSA) is 72.5 Å². The predicted octanol–water partition coefficient (Wildman–Crippen LogP) is 3.89. The number of halogens is 2. The van der Waals surface area contributed by atoms with Crippen LogP contribution >= 0.6 is 23.2 Å². The van der Waals surface area contributed by atoms with Gasteiger partial charge >= 0.3 is 5.97 Å². The maximum Gasteiger partial charge on any atom is 0.339 e. The van der Waals surface area contributed by atoms with E-state index in [0.29, 0.717) is 10.6 Å². The smallest absolute Gasteiger partial charge is 0.339 e. The molecule has 2 aromatic rings. The first-order valence-corrected chi connectivity index (χ1v) is 8.66. The fourth-order valence-corrected chi connectivity index (χ4v) is 3.69. The molecule has 122 valence electrons. The number of benzene rings is 2. The number of sulfonamides is 1. The van der Waals surface area contributed by atoms with E-state index in [0.717, 1.165) is 0 Å². The molecule has 0 bridgehead atoms. The number of methoxy groups -OCH3 is 1. The molecule has 1 N–H and O–H groups in total. The van der Waals surface area contributed by atoms with E-state index in [1.807, 2.05) is 0 Å². The standard InChI is InChI=1S/C15H13Cl2NO4S/c1-9-12(16)4-3-5-14(9)23(20,21)18-10-6-7-13(17)11(8-10)15(19)22-2/h3-8,18H,1-2H3. The first-order valence-electron chi connectivity index (χ1n) is 6.42. The van der Waals surface area contributed by atoms with Gasteiger partial charge in [0, 0.05) is 10.7 Å². The molecule has 0 saturated carbocycles. The van der Waals surface area contributed by atoms with Crippen LogP contribution in [-0.2, 0) is 14.8 Å². The second-order valence-corrected chi connectivity index (χ2v) is 7.12. The third-order valence-electron chi connectivity index (χ3n) is 3.13. The predicted molar refractivity (Wildman–Crippen MR) is 89.8 cm³/mol. The van der Waals surface area contributed by atoms with E-state index in [1.54, 1.807) is 19.1 Å². The van der Waals surface area contributed by atoms with Crippen LogP contribution in [0, 0.1) is 6.92 Å². The van der Waals surface area contributed by atoms with Gasteiger partial charge in [-0.15, -0.1) is 0 Å². The Balaban J connectivity index is 2.42. The summed E-state index contributed by atoms with van der Waals surface area (Å²) in [6.45, 7) is 1.61. The first-order chi connectivity index (χ1) is 10.8. The molecule has 0 amide bonds. The second-order valence-electron chi connectivity index (χ2n) is 4.65. The second kappa shape index (κ2) is 6.78. The fraction of sp³-hybridized carbons (Fsp3) is 0.133. The van der Waals surface area contributed by atoms with Crippen molar-refractivity contribution in [1.29, 1.82) is 0 Å². The van der Waals surface area contributed by atoms with Crippen LogP contribution in [0.5, 0.6) is 0 Å². The highest BCUT2D eigenvalue weighted by atomic mass is 35.5. The fourth-order valence-electron chi connectivity index (χ4n) is 1.94. The van der Waals surface area contributed by atoms with Crippen molar-refractivity contribution in [1.82, 2.24) is 0 Å². The normalized spacial score (nSPS) is 11.1. The van der Waals surface area contributed by atoms with Crippen LogP contribution in [0.4, 0.5) is 5.69 Å². The number of rotatable bonds is 4. The summed E-state index contributed by atoms with van der Waals surface area (Å²) in [5, 5.41) is 0.512. The molecule has 0 aliphatic rings. The minimum absolute atomic E-state index is 0.0552. The summed E-state index contributed by atoms with van der Waals surface area (Å²) in [6, 6.07) is 8.77. The molecule has 0 spiro atoms. The van der Waals surface area contributed by atoms with Crippen molar-refractivity contribution < 1.29 is 17.9 Å². The zero-order valence-corrected chi connectivity index (χ0v) is 14.6. The van der Waals surface area contributed by atoms with Gasteiger partial charge in [-0.1, -0.05) is 29.3 Å². The van der Waals surface area contributed by atoms with E-state index in [2.05, 4.69) is 9.46 Å². The zero-order chi connectivity index (χ0) is 17.2. The average molecular weight is 374 g/mol. The number of nitrogens with one attached hydrogen (secondary N) is 1. The van der Waals surface area contributed by atoms with Crippen molar-refractivity contribution in [3.05, 3.63) is 57.6 Å². The summed E-state index contributed by atoms with van der Waals surface area (Å²) < 4.78 is 32.0. The Kier molecular flexibility index (Phi) is 5.19. The molecule has 8 heteroatoms. The Labute approximate surface area is 144 Å². The maximum absolute atomic E-state index is 12.5. The third-order valence-corrected chi connectivity index (χ3v) is 5.40. The van der Waals surface area contributed by atoms with E-state index in [9.17, 15) is 13.2 Å². The van der Waals surface area contributed by atoms with Gasteiger partial charge in [-0.25, -0.2) is 13.2 Å². The molecule has 0 aliphatic heterocycles. The lowest BCUT2D eigenvalue weighted by molar-refractivity contribution is 0.0601. The molecule has 2 rings (SSSR count). The number of ether oxygens (including phenoxy) is 1. The molecule has 0 radical (unpaired) electrons. The van der Waals surface area contributed by atoms with Crippen molar-refractivity contribution in [2.24, 2.45) is 0 Å². The summed E-state index contributed by atoms with van der Waals surface area (Å²) in [4.78, 5) is 11.7. The molecule has 0 aliphatic carbocycles. The molecule has 5 nitrogen and oxygen atoms in total. The lowest BCUT2D eigenvalue weighted by Crippen LogP contribution is -2.15. The van der Waals surface area contributed by atoms with Gasteiger partial charge in [0.05, 0.1) is 22.6 Å². The van der Waals surface area contributed by atoms with Gasteiger partial charge in [0.15, 0.2) is 0 Å². The summed E-state index contributed by atoms with van der Waals surface area (Å²) in [7, 11) is -2.65. The maximum atomic E-state index is 12.5. The molecule has 0 aromatic heterocycles. The van der Waals surface area contributed by atoms with E-state index in [-0.39, 0.29) is 21.2 Å². The van der Waals surface area contributed by atoms with Crippen molar-refractivity contribution in [3.8, 4) is 0 Å². The van der Waals surface area contributed by atoms with Crippen LogP contribution in [0.25, 0.3) is 0 Å². The third kappa shape index (κ3) is 3.77. The van der Waals surface area contributed by atoms with Crippen LogP contribution in [0.2, 0.25) is 10.0 Å². The summed E-state index contributed by atoms with van der Waals surface area (Å²) >= 11 is 11.9. The zero-order valence-electron chi connectivity index (χ0n) is 12.3. The number of hydrogen-bond acceptors (Lipinski definition) is 4. The quantitative estimate of drug-likeness (QED) is 0.825. The van der Waals surface area contributed by atoms with E-state index >= 15 is 0 Å². The van der Waals surface area contributed by atoms with Crippen LogP contribution < -0.4 is 4.72 Å². The molecule has 0 saturated heterocycles. The molecule has 0 atom stereocenters. The van der Waals surface area contributed by atoms with Crippen molar-refractivity contribution in [2.75, 3.05) is 11.8 Å². The Bertz CT molecular complexity index is 866. The minimum atomic E-state index is -3.86. The Morgan fingerprint density at radius 1 is 1.13 bits per heavy atom. The monoisotopic (exact) mass is 373 g/mol. The van der Waals surface area contributed by atoms with Crippen LogP contribution in [0.3, 0.4) is 0 Å². The van der Waals surface area contributed by atoms with Gasteiger partial charge < -0.3 is 4.74 Å². The highest BCUT2D eigenvalue weighted by molar-refractivity contribution is 7.92. The van der Waals surface area contributed by atoms with Gasteiger partial charge in [0.2, 0.25) is 0 Å². The van der Waals surface area contributed by atoms with Crippen LogP contribution in [-0.4, -0.2) is 21.5 Å². The lowest BCUT2D eigenvalue weighted by Gasteiger charge is -2.12. The van der Waals surface area contributed by atoms with Crippen molar-refractivity contribution >= 4 is 44.9 Å². The largest absolute Gasteiger partial charge is 0.465 e. The average Bonchev–Trinajstić information content (AvgIpc) is 2.50. The first kappa shape index (κ1) is 17.6.